The van der Waals surface area contributed by atoms with Crippen LogP contribution in [-0.2, 0) is 14.8 Å². The maximum absolute atomic E-state index is 11.2. The predicted octanol–water partition coefficient (Wildman–Crippen LogP) is 0.937. The molecular weight excluding hydrogens is 262 g/mol. The van der Waals surface area contributed by atoms with Gasteiger partial charge in [-0.25, -0.2) is 18.5 Å². The Bertz CT molecular complexity index is 456. The van der Waals surface area contributed by atoms with Gasteiger partial charge in [0.25, 0.3) is 0 Å². The second-order valence-corrected chi connectivity index (χ2v) is 6.32. The van der Waals surface area contributed by atoms with Crippen molar-refractivity contribution in [3.63, 3.8) is 0 Å². The Morgan fingerprint density at radius 2 is 2.18 bits per heavy atom. The first-order valence-corrected chi connectivity index (χ1v) is 7.54. The fraction of sp³-hybridized carbons (Fsp3) is 0.667. The smallest absolute Gasteiger partial charge is 0.249 e. The van der Waals surface area contributed by atoms with Gasteiger partial charge in [-0.3, -0.25) is 0 Å². The molecule has 0 aliphatic carbocycles. The molecule has 0 atom stereocenters. The van der Waals surface area contributed by atoms with Crippen LogP contribution in [0.5, 0.6) is 0 Å². The number of nitrogens with two attached hydrogens (primary N) is 1. The molecule has 17 heavy (non-hydrogen) atoms. The molecule has 0 aliphatic rings. The molecule has 0 spiro atoms. The molecule has 0 unspecified atom stereocenters. The van der Waals surface area contributed by atoms with Crippen LogP contribution in [-0.4, -0.2) is 33.7 Å². The van der Waals surface area contributed by atoms with E-state index in [1.54, 1.807) is 14.0 Å². The lowest BCUT2D eigenvalue weighted by molar-refractivity contribution is 0.194. The third-order valence-electron chi connectivity index (χ3n) is 2.06. The van der Waals surface area contributed by atoms with Gasteiger partial charge in [-0.1, -0.05) is 11.3 Å². The van der Waals surface area contributed by atoms with Gasteiger partial charge < -0.3 is 10.1 Å². The summed E-state index contributed by atoms with van der Waals surface area (Å²) in [6.45, 7) is 3.09. The Kier molecular flexibility index (Phi) is 5.31. The zero-order chi connectivity index (χ0) is 12.9. The molecule has 3 N–H and O–H groups in total. The predicted molar refractivity (Wildman–Crippen MR) is 67.8 cm³/mol. The minimum absolute atomic E-state index is 0.122. The van der Waals surface area contributed by atoms with E-state index in [1.165, 1.54) is 0 Å². The van der Waals surface area contributed by atoms with Crippen molar-refractivity contribution in [3.8, 4) is 0 Å². The zero-order valence-corrected chi connectivity index (χ0v) is 11.5. The van der Waals surface area contributed by atoms with Gasteiger partial charge in [0.2, 0.25) is 10.0 Å². The van der Waals surface area contributed by atoms with Crippen molar-refractivity contribution in [1.82, 2.24) is 4.98 Å². The van der Waals surface area contributed by atoms with Gasteiger partial charge >= 0.3 is 0 Å². The number of thiazole rings is 1. The van der Waals surface area contributed by atoms with E-state index in [4.69, 9.17) is 9.88 Å². The van der Waals surface area contributed by atoms with Crippen LogP contribution in [0.25, 0.3) is 0 Å². The van der Waals surface area contributed by atoms with Crippen molar-refractivity contribution in [2.75, 3.05) is 25.6 Å². The number of rotatable bonds is 7. The largest absolute Gasteiger partial charge is 0.385 e. The van der Waals surface area contributed by atoms with Crippen molar-refractivity contribution < 1.29 is 13.2 Å². The topological polar surface area (TPSA) is 94.3 Å². The standard InChI is InChI=1S/C9H17N3O3S2/c1-7-8(17(10,13)14)16-9(12-7)11-5-3-4-6-15-2/h3-6H2,1-2H3,(H,11,12)(H2,10,13,14). The van der Waals surface area contributed by atoms with Crippen molar-refractivity contribution >= 4 is 26.5 Å². The first kappa shape index (κ1) is 14.4. The number of unbranched alkanes of at least 4 members (excludes halogenated alkanes) is 1. The van der Waals surface area contributed by atoms with Gasteiger partial charge in [0.05, 0.1) is 5.69 Å². The van der Waals surface area contributed by atoms with E-state index < -0.39 is 10.0 Å². The number of hydrogen-bond acceptors (Lipinski definition) is 6. The summed E-state index contributed by atoms with van der Waals surface area (Å²) in [5, 5.41) is 8.72. The molecule has 0 saturated heterocycles. The van der Waals surface area contributed by atoms with Crippen molar-refractivity contribution in [1.29, 1.82) is 0 Å². The Labute approximate surface area is 105 Å². The molecule has 0 aliphatic heterocycles. The highest BCUT2D eigenvalue weighted by Gasteiger charge is 2.17. The van der Waals surface area contributed by atoms with E-state index in [0.29, 0.717) is 10.8 Å². The van der Waals surface area contributed by atoms with Gasteiger partial charge in [-0.05, 0) is 19.8 Å². The maximum Gasteiger partial charge on any atom is 0.249 e. The lowest BCUT2D eigenvalue weighted by atomic mass is 10.3. The molecule has 8 heteroatoms. The van der Waals surface area contributed by atoms with Crippen LogP contribution >= 0.6 is 11.3 Å². The number of primary sulfonamides is 1. The van der Waals surface area contributed by atoms with Crippen LogP contribution in [0.4, 0.5) is 5.13 Å². The summed E-state index contributed by atoms with van der Waals surface area (Å²) in [5.41, 5.74) is 0.442. The van der Waals surface area contributed by atoms with Crippen LogP contribution in [0.2, 0.25) is 0 Å². The van der Waals surface area contributed by atoms with Crippen LogP contribution < -0.4 is 10.5 Å². The van der Waals surface area contributed by atoms with Crippen LogP contribution in [0.15, 0.2) is 4.21 Å². The van der Waals surface area contributed by atoms with Gasteiger partial charge in [0.15, 0.2) is 9.34 Å². The summed E-state index contributed by atoms with van der Waals surface area (Å²) in [6, 6.07) is 0. The number of ether oxygens (including phenoxy) is 1. The first-order chi connectivity index (χ1) is 7.95. The van der Waals surface area contributed by atoms with Crippen LogP contribution in [0.3, 0.4) is 0 Å². The average Bonchev–Trinajstić information content (AvgIpc) is 2.59. The van der Waals surface area contributed by atoms with Gasteiger partial charge in [-0.2, -0.15) is 0 Å². The lowest BCUT2D eigenvalue weighted by Gasteiger charge is -2.01. The highest BCUT2D eigenvalue weighted by atomic mass is 32.2. The highest BCUT2D eigenvalue weighted by Crippen LogP contribution is 2.25. The molecule has 0 saturated carbocycles. The van der Waals surface area contributed by atoms with Crippen LogP contribution in [0.1, 0.15) is 18.5 Å². The number of sulfonamides is 1. The summed E-state index contributed by atoms with van der Waals surface area (Å²) in [7, 11) is -1.99. The minimum Gasteiger partial charge on any atom is -0.385 e. The van der Waals surface area contributed by atoms with Gasteiger partial charge in [0.1, 0.15) is 0 Å². The quantitative estimate of drug-likeness (QED) is 0.724. The number of anilines is 1. The Morgan fingerprint density at radius 3 is 2.71 bits per heavy atom. The SMILES string of the molecule is COCCCCNc1nc(C)c(S(N)(=O)=O)s1. The monoisotopic (exact) mass is 279 g/mol. The molecule has 0 fully saturated rings. The number of aromatic nitrogens is 1. The summed E-state index contributed by atoms with van der Waals surface area (Å²) < 4.78 is 27.4. The number of nitrogens with zero attached hydrogens (tertiary/aromatic N) is 1. The van der Waals surface area contributed by atoms with E-state index >= 15 is 0 Å². The van der Waals surface area contributed by atoms with E-state index in [0.717, 1.165) is 37.3 Å². The van der Waals surface area contributed by atoms with Gasteiger partial charge in [0, 0.05) is 20.3 Å². The van der Waals surface area contributed by atoms with E-state index in [9.17, 15) is 8.42 Å². The third kappa shape index (κ3) is 4.58. The number of hydrogen-bond donors (Lipinski definition) is 2. The fourth-order valence-corrected chi connectivity index (χ4v) is 3.17. The van der Waals surface area contributed by atoms with Crippen molar-refractivity contribution in [3.05, 3.63) is 5.69 Å². The molecule has 1 aromatic heterocycles. The Balaban J connectivity index is 2.51. The third-order valence-corrected chi connectivity index (χ3v) is 4.73. The first-order valence-electron chi connectivity index (χ1n) is 5.18. The molecule has 0 radical (unpaired) electrons. The highest BCUT2D eigenvalue weighted by molar-refractivity contribution is 7.91. The van der Waals surface area contributed by atoms with E-state index in [-0.39, 0.29) is 4.21 Å². The molecule has 0 aromatic carbocycles. The Hall–Kier alpha value is -0.700. The molecule has 0 amide bonds. The summed E-state index contributed by atoms with van der Waals surface area (Å²) in [4.78, 5) is 4.11. The molecule has 6 nitrogen and oxygen atoms in total. The molecule has 1 aromatic rings. The number of methoxy groups -OCH3 is 1. The minimum atomic E-state index is -3.66. The van der Waals surface area contributed by atoms with Crippen molar-refractivity contribution in [2.45, 2.75) is 24.0 Å². The number of nitrogens with one attached hydrogen (secondary N) is 1. The summed E-state index contributed by atoms with van der Waals surface area (Å²) >= 11 is 1.06. The number of aryl methyl sites for hydroxylation is 1. The molecule has 1 heterocycles. The second-order valence-electron chi connectivity index (χ2n) is 3.56. The molecule has 0 bridgehead atoms. The van der Waals surface area contributed by atoms with E-state index in [1.807, 2.05) is 0 Å². The zero-order valence-electron chi connectivity index (χ0n) is 9.89. The molecule has 98 valence electrons. The van der Waals surface area contributed by atoms with Crippen molar-refractivity contribution in [2.24, 2.45) is 5.14 Å². The van der Waals surface area contributed by atoms with Crippen LogP contribution in [0, 0.1) is 6.92 Å². The summed E-state index contributed by atoms with van der Waals surface area (Å²) in [5.74, 6) is 0. The molecular formula is C9H17N3O3S2. The van der Waals surface area contributed by atoms with E-state index in [2.05, 4.69) is 10.3 Å². The normalized spacial score (nSPS) is 11.7. The fourth-order valence-electron chi connectivity index (χ4n) is 1.29. The lowest BCUT2D eigenvalue weighted by Crippen LogP contribution is -2.11. The summed E-state index contributed by atoms with van der Waals surface area (Å²) in [6.07, 6.45) is 1.90. The maximum atomic E-state index is 11.2. The second kappa shape index (κ2) is 6.29. The molecule has 1 rings (SSSR count). The van der Waals surface area contributed by atoms with Gasteiger partial charge in [-0.15, -0.1) is 0 Å². The average molecular weight is 279 g/mol. The Morgan fingerprint density at radius 1 is 1.47 bits per heavy atom.